The molecule has 0 aliphatic carbocycles. The lowest BCUT2D eigenvalue weighted by molar-refractivity contribution is -0.137. The number of benzene rings is 1. The van der Waals surface area contributed by atoms with Crippen LogP contribution in [0.1, 0.15) is 18.4 Å². The number of Topliss-reactive ketones (excluding diaryl/α,β-unsaturated/α-hetero) is 1. The van der Waals surface area contributed by atoms with Gasteiger partial charge in [0, 0.05) is 11.9 Å². The minimum Gasteiger partial charge on any atom is -0.359 e. The fourth-order valence-electron chi connectivity index (χ4n) is 3.66. The normalized spacial score (nSPS) is 16.0. The van der Waals surface area contributed by atoms with Crippen LogP contribution in [-0.2, 0) is 11.0 Å². The number of anilines is 3. The van der Waals surface area contributed by atoms with Crippen molar-refractivity contribution in [3.63, 3.8) is 0 Å². The first kappa shape index (κ1) is 25.5. The van der Waals surface area contributed by atoms with Crippen LogP contribution in [0, 0.1) is 5.92 Å². The summed E-state index contributed by atoms with van der Waals surface area (Å²) in [4.78, 5) is 22.5. The van der Waals surface area contributed by atoms with Crippen molar-refractivity contribution in [1.29, 1.82) is 0 Å². The van der Waals surface area contributed by atoms with Gasteiger partial charge in [0.2, 0.25) is 5.95 Å². The predicted molar refractivity (Wildman–Crippen MR) is 123 cm³/mol. The van der Waals surface area contributed by atoms with Gasteiger partial charge in [-0.25, -0.2) is 4.98 Å². The molecule has 180 valence electrons. The van der Waals surface area contributed by atoms with E-state index in [-0.39, 0.29) is 29.2 Å². The summed E-state index contributed by atoms with van der Waals surface area (Å²) in [5.74, 6) is -0.845. The zero-order valence-corrected chi connectivity index (χ0v) is 19.7. The van der Waals surface area contributed by atoms with Gasteiger partial charge in [0.05, 0.1) is 22.6 Å². The zero-order valence-electron chi connectivity index (χ0n) is 18.1. The molecule has 33 heavy (non-hydrogen) atoms. The Bertz CT molecular complexity index is 983. The summed E-state index contributed by atoms with van der Waals surface area (Å²) in [6.07, 6.45) is -2.67. The number of rotatable bonds is 8. The van der Waals surface area contributed by atoms with Crippen molar-refractivity contribution in [1.82, 2.24) is 20.2 Å². The summed E-state index contributed by atoms with van der Waals surface area (Å²) in [5, 5.41) is 9.46. The van der Waals surface area contributed by atoms with Gasteiger partial charge in [-0.3, -0.25) is 4.79 Å². The molecule has 1 unspecified atom stereocenters. The Hall–Kier alpha value is -2.14. The van der Waals surface area contributed by atoms with Gasteiger partial charge < -0.3 is 20.9 Å². The molecule has 1 aromatic heterocycles. The number of carbonyl (C=O) groups is 1. The van der Waals surface area contributed by atoms with Crippen LogP contribution in [0.15, 0.2) is 24.4 Å². The van der Waals surface area contributed by atoms with E-state index in [1.165, 1.54) is 6.07 Å². The van der Waals surface area contributed by atoms with Crippen LogP contribution in [0.5, 0.6) is 0 Å². The number of aromatic nitrogens is 2. The third-order valence-electron chi connectivity index (χ3n) is 5.24. The first-order valence-corrected chi connectivity index (χ1v) is 11.1. The highest BCUT2D eigenvalue weighted by atomic mass is 35.5. The van der Waals surface area contributed by atoms with Crippen LogP contribution < -0.4 is 16.0 Å². The van der Waals surface area contributed by atoms with Crippen molar-refractivity contribution in [3.8, 4) is 0 Å². The molecule has 0 radical (unpaired) electrons. The molecule has 1 aromatic carbocycles. The van der Waals surface area contributed by atoms with Gasteiger partial charge >= 0.3 is 6.18 Å². The fourth-order valence-corrected chi connectivity index (χ4v) is 3.96. The van der Waals surface area contributed by atoms with Crippen molar-refractivity contribution in [2.45, 2.75) is 25.1 Å². The van der Waals surface area contributed by atoms with Crippen molar-refractivity contribution in [3.05, 3.63) is 40.0 Å². The SMILES string of the molecule is CN(C)CC(=O)C(Nc1nc(Nc2ccc(Cl)c(Cl)c2)ncc1C(F)(F)F)C1CCNCC1. The van der Waals surface area contributed by atoms with Gasteiger partial charge in [0.15, 0.2) is 5.78 Å². The number of likely N-dealkylation sites (N-methyl/N-ethyl adjacent to an activating group) is 1. The Morgan fingerprint density at radius 3 is 2.55 bits per heavy atom. The van der Waals surface area contributed by atoms with Gasteiger partial charge in [0.25, 0.3) is 0 Å². The lowest BCUT2D eigenvalue weighted by Gasteiger charge is -2.32. The number of ketones is 1. The number of halogens is 5. The summed E-state index contributed by atoms with van der Waals surface area (Å²) in [6.45, 7) is 1.48. The number of hydrogen-bond acceptors (Lipinski definition) is 7. The van der Waals surface area contributed by atoms with E-state index in [1.54, 1.807) is 31.1 Å². The van der Waals surface area contributed by atoms with Crippen LogP contribution >= 0.6 is 23.2 Å². The highest BCUT2D eigenvalue weighted by Gasteiger charge is 2.38. The molecule has 3 N–H and O–H groups in total. The molecule has 1 aliphatic heterocycles. The first-order valence-electron chi connectivity index (χ1n) is 10.4. The Morgan fingerprint density at radius 2 is 1.94 bits per heavy atom. The molecule has 0 spiro atoms. The van der Waals surface area contributed by atoms with Crippen LogP contribution in [-0.4, -0.2) is 60.4 Å². The third kappa shape index (κ3) is 6.92. The molecule has 7 nitrogen and oxygen atoms in total. The van der Waals surface area contributed by atoms with Gasteiger partial charge in [-0.15, -0.1) is 0 Å². The van der Waals surface area contributed by atoms with E-state index < -0.39 is 23.6 Å². The Balaban J connectivity index is 1.94. The zero-order chi connectivity index (χ0) is 24.2. The second kappa shape index (κ2) is 10.9. The molecule has 2 heterocycles. The monoisotopic (exact) mass is 504 g/mol. The molecule has 0 amide bonds. The van der Waals surface area contributed by atoms with E-state index in [1.807, 2.05) is 0 Å². The average Bonchev–Trinajstić information content (AvgIpc) is 2.74. The minimum atomic E-state index is -4.70. The predicted octanol–water partition coefficient (Wildman–Crippen LogP) is 4.46. The molecule has 1 aliphatic rings. The first-order chi connectivity index (χ1) is 15.5. The maximum absolute atomic E-state index is 13.7. The van der Waals surface area contributed by atoms with Crippen LogP contribution in [0.4, 0.5) is 30.6 Å². The van der Waals surface area contributed by atoms with E-state index in [0.29, 0.717) is 42.8 Å². The molecule has 3 rings (SSSR count). The number of alkyl halides is 3. The number of nitrogens with zero attached hydrogens (tertiary/aromatic N) is 3. The summed E-state index contributed by atoms with van der Waals surface area (Å²) in [5.41, 5.74) is -0.590. The summed E-state index contributed by atoms with van der Waals surface area (Å²) in [7, 11) is 3.48. The molecule has 1 atom stereocenters. The maximum atomic E-state index is 13.7. The third-order valence-corrected chi connectivity index (χ3v) is 5.98. The topological polar surface area (TPSA) is 82.2 Å². The molecule has 1 fully saturated rings. The highest BCUT2D eigenvalue weighted by Crippen LogP contribution is 2.35. The summed E-state index contributed by atoms with van der Waals surface area (Å²) >= 11 is 11.9. The van der Waals surface area contributed by atoms with Gasteiger partial charge in [-0.2, -0.15) is 18.2 Å². The van der Waals surface area contributed by atoms with Crippen LogP contribution in [0.25, 0.3) is 0 Å². The van der Waals surface area contributed by atoms with E-state index in [2.05, 4.69) is 25.9 Å². The molecular formula is C21H25Cl2F3N6O. The summed E-state index contributed by atoms with van der Waals surface area (Å²) < 4.78 is 41.2. The minimum absolute atomic E-state index is 0.0759. The second-order valence-corrected chi connectivity index (χ2v) is 8.94. The largest absolute Gasteiger partial charge is 0.421 e. The Morgan fingerprint density at radius 1 is 1.24 bits per heavy atom. The van der Waals surface area contributed by atoms with E-state index in [0.717, 1.165) is 0 Å². The number of hydrogen-bond donors (Lipinski definition) is 3. The lowest BCUT2D eigenvalue weighted by atomic mass is 9.87. The van der Waals surface area contributed by atoms with Gasteiger partial charge in [0.1, 0.15) is 11.4 Å². The van der Waals surface area contributed by atoms with Crippen molar-refractivity contribution < 1.29 is 18.0 Å². The lowest BCUT2D eigenvalue weighted by Crippen LogP contribution is -2.46. The number of carbonyl (C=O) groups excluding carboxylic acids is 1. The van der Waals surface area contributed by atoms with E-state index >= 15 is 0 Å². The molecule has 1 saturated heterocycles. The molecule has 0 bridgehead atoms. The molecule has 0 saturated carbocycles. The van der Waals surface area contributed by atoms with Crippen molar-refractivity contribution in [2.24, 2.45) is 5.92 Å². The summed E-state index contributed by atoms with van der Waals surface area (Å²) in [6, 6.07) is 3.84. The van der Waals surface area contributed by atoms with Crippen LogP contribution in [0.2, 0.25) is 10.0 Å². The van der Waals surface area contributed by atoms with Crippen molar-refractivity contribution >= 4 is 46.4 Å². The fraction of sp³-hybridized carbons (Fsp3) is 0.476. The highest BCUT2D eigenvalue weighted by molar-refractivity contribution is 6.42. The quantitative estimate of drug-likeness (QED) is 0.489. The van der Waals surface area contributed by atoms with E-state index in [9.17, 15) is 18.0 Å². The Kier molecular flexibility index (Phi) is 8.38. The van der Waals surface area contributed by atoms with Gasteiger partial charge in [-0.1, -0.05) is 23.2 Å². The van der Waals surface area contributed by atoms with Crippen molar-refractivity contribution in [2.75, 3.05) is 44.4 Å². The number of nitrogens with one attached hydrogen (secondary N) is 3. The van der Waals surface area contributed by atoms with E-state index in [4.69, 9.17) is 23.2 Å². The molecular weight excluding hydrogens is 480 g/mol. The second-order valence-electron chi connectivity index (χ2n) is 8.12. The van der Waals surface area contributed by atoms with Gasteiger partial charge in [-0.05, 0) is 64.1 Å². The standard InChI is InChI=1S/C21H25Cl2F3N6O/c1-32(2)11-17(33)18(12-5-7-27-8-6-12)30-19-14(21(24,25)26)10-28-20(31-19)29-13-3-4-15(22)16(23)9-13/h3-4,9-10,12,18,27H,5-8,11H2,1-2H3,(H2,28,29,30,31). The number of piperidine rings is 1. The molecule has 2 aromatic rings. The average molecular weight is 505 g/mol. The Labute approximate surface area is 200 Å². The smallest absolute Gasteiger partial charge is 0.359 e. The van der Waals surface area contributed by atoms with Crippen LogP contribution in [0.3, 0.4) is 0 Å². The maximum Gasteiger partial charge on any atom is 0.421 e. The molecule has 12 heteroatoms.